The minimum Gasteiger partial charge on any atom is -0.0883 e. The van der Waals surface area contributed by atoms with E-state index < -0.39 is 0 Å². The molecule has 0 amide bonds. The zero-order valence-electron chi connectivity index (χ0n) is 6.68. The van der Waals surface area contributed by atoms with Crippen molar-refractivity contribution in [2.75, 3.05) is 0 Å². The van der Waals surface area contributed by atoms with E-state index >= 15 is 0 Å². The van der Waals surface area contributed by atoms with Crippen molar-refractivity contribution in [3.05, 3.63) is 19.1 Å². The smallest absolute Gasteiger partial charge is 0.0234 e. The van der Waals surface area contributed by atoms with E-state index in [0.29, 0.717) is 0 Å². The van der Waals surface area contributed by atoms with E-state index in [0.717, 1.165) is 12.3 Å². The molecule has 1 aliphatic rings. The van der Waals surface area contributed by atoms with Crippen LogP contribution in [-0.4, -0.2) is 0 Å². The van der Waals surface area contributed by atoms with Crippen molar-refractivity contribution in [3.8, 4) is 0 Å². The molecule has 0 nitrogen and oxygen atoms in total. The van der Waals surface area contributed by atoms with Crippen LogP contribution in [0, 0.1) is 12.8 Å². The van der Waals surface area contributed by atoms with E-state index in [2.05, 4.69) is 19.1 Å². The number of rotatable bonds is 1. The molecule has 1 rings (SSSR count). The lowest BCUT2D eigenvalue weighted by atomic mass is 9.95. The van der Waals surface area contributed by atoms with Crippen molar-refractivity contribution >= 4 is 0 Å². The Morgan fingerprint density at radius 1 is 1.30 bits per heavy atom. The monoisotopic (exact) mass is 137 g/mol. The summed E-state index contributed by atoms with van der Waals surface area (Å²) in [5.74, 6) is 0.778. The maximum absolute atomic E-state index is 3.93. The molecular weight excluding hydrogens is 120 g/mol. The molecule has 0 heteroatoms. The van der Waals surface area contributed by atoms with E-state index in [-0.39, 0.29) is 0 Å². The minimum absolute atomic E-state index is 0.778. The number of allylic oxidation sites excluding steroid dienone is 2. The zero-order valence-corrected chi connectivity index (χ0v) is 6.68. The van der Waals surface area contributed by atoms with Crippen LogP contribution in [0.15, 0.2) is 12.2 Å². The summed E-state index contributed by atoms with van der Waals surface area (Å²) in [6.07, 6.45) is 12.6. The molecule has 57 valence electrons. The van der Waals surface area contributed by atoms with E-state index in [1.165, 1.54) is 32.1 Å². The van der Waals surface area contributed by atoms with Gasteiger partial charge in [0.2, 0.25) is 0 Å². The molecule has 0 N–H and O–H groups in total. The van der Waals surface area contributed by atoms with Gasteiger partial charge in [-0.3, -0.25) is 0 Å². The molecule has 0 aliphatic heterocycles. The summed E-state index contributed by atoms with van der Waals surface area (Å²) in [6.45, 7) is 3.93. The first-order valence-corrected chi connectivity index (χ1v) is 4.39. The fourth-order valence-corrected chi connectivity index (χ4v) is 1.47. The Bertz CT molecular complexity index is 103. The molecule has 1 aliphatic carbocycles. The molecule has 10 heavy (non-hydrogen) atoms. The summed E-state index contributed by atoms with van der Waals surface area (Å²) in [7, 11) is 0. The third kappa shape index (κ3) is 2.55. The topological polar surface area (TPSA) is 0 Å². The third-order valence-corrected chi connectivity index (χ3v) is 2.22. The summed E-state index contributed by atoms with van der Waals surface area (Å²) in [4.78, 5) is 0. The molecule has 0 spiro atoms. The van der Waals surface area contributed by atoms with Crippen LogP contribution in [0.25, 0.3) is 0 Å². The van der Waals surface area contributed by atoms with Crippen LogP contribution in [0.5, 0.6) is 0 Å². The second kappa shape index (κ2) is 4.54. The maximum Gasteiger partial charge on any atom is -0.0234 e. The van der Waals surface area contributed by atoms with Gasteiger partial charge >= 0.3 is 0 Å². The lowest BCUT2D eigenvalue weighted by Gasteiger charge is -2.11. The lowest BCUT2D eigenvalue weighted by molar-refractivity contribution is 0.523. The second-order valence-electron chi connectivity index (χ2n) is 3.11. The largest absolute Gasteiger partial charge is 0.0883 e. The van der Waals surface area contributed by atoms with E-state index in [1.54, 1.807) is 0 Å². The quantitative estimate of drug-likeness (QED) is 0.486. The molecule has 0 heterocycles. The molecule has 0 aromatic carbocycles. The standard InChI is InChI=1S/C10H17/c1-2-10-8-6-4-3-5-7-9-10/h6,8,10H,1-5,7,9H2. The molecule has 0 saturated carbocycles. The average molecular weight is 137 g/mol. The Labute approximate surface area is 64.3 Å². The molecule has 1 unspecified atom stereocenters. The van der Waals surface area contributed by atoms with Gasteiger partial charge in [-0.2, -0.15) is 0 Å². The van der Waals surface area contributed by atoms with E-state index in [9.17, 15) is 0 Å². The third-order valence-electron chi connectivity index (χ3n) is 2.22. The summed E-state index contributed by atoms with van der Waals surface area (Å²) in [5, 5.41) is 0. The first-order chi connectivity index (χ1) is 4.93. The van der Waals surface area contributed by atoms with Crippen molar-refractivity contribution in [1.29, 1.82) is 0 Å². The maximum atomic E-state index is 3.93. The molecule has 0 aromatic rings. The molecule has 1 radical (unpaired) electrons. The zero-order chi connectivity index (χ0) is 7.23. The van der Waals surface area contributed by atoms with E-state index in [1.807, 2.05) is 0 Å². The Morgan fingerprint density at radius 3 is 3.00 bits per heavy atom. The Hall–Kier alpha value is -0.260. The van der Waals surface area contributed by atoms with Gasteiger partial charge in [0, 0.05) is 0 Å². The van der Waals surface area contributed by atoms with Gasteiger partial charge in [0.15, 0.2) is 0 Å². The molecule has 1 atom stereocenters. The lowest BCUT2D eigenvalue weighted by Crippen LogP contribution is -1.96. The van der Waals surface area contributed by atoms with Gasteiger partial charge in [-0.1, -0.05) is 31.9 Å². The molecule has 0 fully saturated rings. The fraction of sp³-hybridized carbons (Fsp3) is 0.700. The Morgan fingerprint density at radius 2 is 2.20 bits per heavy atom. The van der Waals surface area contributed by atoms with Gasteiger partial charge in [-0.15, -0.1) is 0 Å². The van der Waals surface area contributed by atoms with Crippen LogP contribution >= 0.6 is 0 Å². The SMILES string of the molecule is [CH2]CC1C=CCCCCC1. The van der Waals surface area contributed by atoms with Gasteiger partial charge in [-0.05, 0) is 31.6 Å². The number of hydrogen-bond donors (Lipinski definition) is 0. The highest BCUT2D eigenvalue weighted by Crippen LogP contribution is 2.18. The molecule has 0 aromatic heterocycles. The fourth-order valence-electron chi connectivity index (χ4n) is 1.47. The van der Waals surface area contributed by atoms with Gasteiger partial charge < -0.3 is 0 Å². The summed E-state index contributed by atoms with van der Waals surface area (Å²) in [5.41, 5.74) is 0. The van der Waals surface area contributed by atoms with Crippen molar-refractivity contribution in [3.63, 3.8) is 0 Å². The van der Waals surface area contributed by atoms with E-state index in [4.69, 9.17) is 0 Å². The molecule has 0 saturated heterocycles. The van der Waals surface area contributed by atoms with Gasteiger partial charge in [0.25, 0.3) is 0 Å². The van der Waals surface area contributed by atoms with Crippen LogP contribution in [0.3, 0.4) is 0 Å². The predicted octanol–water partition coefficient (Wildman–Crippen LogP) is 3.35. The Kier molecular flexibility index (Phi) is 3.56. The van der Waals surface area contributed by atoms with Gasteiger partial charge in [-0.25, -0.2) is 0 Å². The predicted molar refractivity (Wildman–Crippen MR) is 45.7 cm³/mol. The van der Waals surface area contributed by atoms with Crippen molar-refractivity contribution < 1.29 is 0 Å². The first kappa shape index (κ1) is 7.84. The van der Waals surface area contributed by atoms with Crippen molar-refractivity contribution in [1.82, 2.24) is 0 Å². The Balaban J connectivity index is 2.33. The highest BCUT2D eigenvalue weighted by atomic mass is 14.1. The molecular formula is C10H17. The summed E-state index contributed by atoms with van der Waals surface area (Å²) in [6, 6.07) is 0. The normalized spacial score (nSPS) is 27.5. The van der Waals surface area contributed by atoms with Crippen molar-refractivity contribution in [2.45, 2.75) is 38.5 Å². The van der Waals surface area contributed by atoms with Crippen LogP contribution in [-0.2, 0) is 0 Å². The molecule has 0 bridgehead atoms. The second-order valence-corrected chi connectivity index (χ2v) is 3.11. The van der Waals surface area contributed by atoms with Crippen LogP contribution in [0.4, 0.5) is 0 Å². The minimum atomic E-state index is 0.778. The first-order valence-electron chi connectivity index (χ1n) is 4.39. The number of hydrogen-bond acceptors (Lipinski definition) is 0. The highest BCUT2D eigenvalue weighted by Gasteiger charge is 2.02. The van der Waals surface area contributed by atoms with Crippen molar-refractivity contribution in [2.24, 2.45) is 5.92 Å². The van der Waals surface area contributed by atoms with Crippen LogP contribution in [0.1, 0.15) is 38.5 Å². The summed E-state index contributed by atoms with van der Waals surface area (Å²) < 4.78 is 0. The average Bonchev–Trinajstić information content (AvgIpc) is 1.87. The van der Waals surface area contributed by atoms with Crippen LogP contribution in [0.2, 0.25) is 0 Å². The highest BCUT2D eigenvalue weighted by molar-refractivity contribution is 4.90. The van der Waals surface area contributed by atoms with Gasteiger partial charge in [0.05, 0.1) is 0 Å². The van der Waals surface area contributed by atoms with Gasteiger partial charge in [0.1, 0.15) is 0 Å². The van der Waals surface area contributed by atoms with Crippen LogP contribution < -0.4 is 0 Å². The summed E-state index contributed by atoms with van der Waals surface area (Å²) >= 11 is 0.